The second-order valence-corrected chi connectivity index (χ2v) is 6.93. The van der Waals surface area contributed by atoms with Crippen LogP contribution < -0.4 is 10.6 Å². The summed E-state index contributed by atoms with van der Waals surface area (Å²) in [5.41, 5.74) is -0.983. The van der Waals surface area contributed by atoms with Crippen LogP contribution in [0.5, 0.6) is 0 Å². The zero-order valence-electron chi connectivity index (χ0n) is 15.6. The van der Waals surface area contributed by atoms with Crippen LogP contribution >= 0.6 is 15.9 Å². The van der Waals surface area contributed by atoms with Crippen molar-refractivity contribution in [3.05, 3.63) is 88.3 Å². The molecule has 0 unspecified atom stereocenters. The van der Waals surface area contributed by atoms with Crippen LogP contribution in [0.3, 0.4) is 0 Å². The van der Waals surface area contributed by atoms with Gasteiger partial charge in [0.05, 0.1) is 11.3 Å². The first-order valence-corrected chi connectivity index (χ1v) is 9.48. The molecular weight excluding hydrogens is 477 g/mol. The number of pyridine rings is 1. The van der Waals surface area contributed by atoms with Crippen LogP contribution in [0.1, 0.15) is 15.9 Å². The highest BCUT2D eigenvalue weighted by Crippen LogP contribution is 2.27. The van der Waals surface area contributed by atoms with Gasteiger partial charge in [-0.15, -0.1) is 10.2 Å². The molecule has 0 saturated carbocycles. The van der Waals surface area contributed by atoms with E-state index in [9.17, 15) is 18.0 Å². The second-order valence-electron chi connectivity index (χ2n) is 6.07. The number of allylic oxidation sites excluding steroid dienone is 2. The van der Waals surface area contributed by atoms with Crippen molar-refractivity contribution in [3.8, 4) is 0 Å². The Bertz CT molecular complexity index is 1120. The number of hydrogen-bond donors (Lipinski definition) is 3. The zero-order chi connectivity index (χ0) is 22.4. The Morgan fingerprint density at radius 3 is 2.26 bits per heavy atom. The van der Waals surface area contributed by atoms with Crippen LogP contribution in [0, 0.1) is 5.41 Å². The summed E-state index contributed by atoms with van der Waals surface area (Å²) in [7, 11) is 0. The van der Waals surface area contributed by atoms with Crippen LogP contribution in [0.15, 0.2) is 77.2 Å². The van der Waals surface area contributed by atoms with Crippen LogP contribution in [0.2, 0.25) is 0 Å². The number of carbonyl (C=O) groups excluding carboxylic acids is 1. The fourth-order valence-electron chi connectivity index (χ4n) is 2.37. The summed E-state index contributed by atoms with van der Waals surface area (Å²) in [5.74, 6) is -0.600. The highest BCUT2D eigenvalue weighted by Gasteiger charge is 2.34. The molecule has 0 saturated heterocycles. The molecule has 0 aliphatic heterocycles. The van der Waals surface area contributed by atoms with Crippen molar-refractivity contribution >= 4 is 39.2 Å². The lowest BCUT2D eigenvalue weighted by atomic mass is 10.1. The molecule has 31 heavy (non-hydrogen) atoms. The van der Waals surface area contributed by atoms with Gasteiger partial charge in [-0.05, 0) is 58.4 Å². The topological polar surface area (TPSA) is 104 Å². The van der Waals surface area contributed by atoms with Crippen molar-refractivity contribution < 1.29 is 18.0 Å². The van der Waals surface area contributed by atoms with Gasteiger partial charge in [0.2, 0.25) is 0 Å². The average Bonchev–Trinajstić information content (AvgIpc) is 2.74. The number of aromatic nitrogens is 3. The number of anilines is 2. The van der Waals surface area contributed by atoms with Gasteiger partial charge in [-0.25, -0.2) is 0 Å². The number of hydrogen-bond acceptors (Lipinski definition) is 6. The molecule has 0 bridgehead atoms. The predicted octanol–water partition coefficient (Wildman–Crippen LogP) is 4.81. The molecule has 0 radical (unpaired) electrons. The number of alkyl halides is 3. The summed E-state index contributed by atoms with van der Waals surface area (Å²) in [5, 5.41) is 19.9. The molecule has 3 rings (SSSR count). The third-order valence-electron chi connectivity index (χ3n) is 3.85. The molecule has 0 fully saturated rings. The van der Waals surface area contributed by atoms with Gasteiger partial charge >= 0.3 is 6.18 Å². The van der Waals surface area contributed by atoms with Crippen LogP contribution in [0.25, 0.3) is 0 Å². The number of nitrogens with zero attached hydrogens (tertiary/aromatic N) is 3. The second kappa shape index (κ2) is 9.47. The first-order valence-electron chi connectivity index (χ1n) is 8.68. The number of carbonyl (C=O) groups is 1. The maximum absolute atomic E-state index is 13.4. The molecular formula is C20H14BrF3N6O. The van der Waals surface area contributed by atoms with E-state index in [1.807, 2.05) is 0 Å². The van der Waals surface area contributed by atoms with Gasteiger partial charge in [-0.1, -0.05) is 12.1 Å². The minimum Gasteiger partial charge on any atom is -0.335 e. The van der Waals surface area contributed by atoms with Crippen LogP contribution in [0.4, 0.5) is 24.8 Å². The Hall–Kier alpha value is -3.60. The van der Waals surface area contributed by atoms with Crippen LogP contribution in [-0.4, -0.2) is 33.0 Å². The summed E-state index contributed by atoms with van der Waals surface area (Å²) < 4.78 is 40.8. The summed E-state index contributed by atoms with van der Waals surface area (Å²) >= 11 is 3.26. The molecule has 2 heterocycles. The molecule has 0 spiro atoms. The van der Waals surface area contributed by atoms with Gasteiger partial charge in [0.1, 0.15) is 5.70 Å². The number of rotatable bonds is 6. The molecule has 0 aliphatic carbocycles. The largest absolute Gasteiger partial charge is 0.431 e. The number of nitrogens with one attached hydrogen (secondary N) is 3. The lowest BCUT2D eigenvalue weighted by molar-refractivity contribution is -0.0901. The van der Waals surface area contributed by atoms with Crippen molar-refractivity contribution in [1.82, 2.24) is 15.2 Å². The summed E-state index contributed by atoms with van der Waals surface area (Å²) in [6.45, 7) is 0. The zero-order valence-corrected chi connectivity index (χ0v) is 17.2. The smallest absolute Gasteiger partial charge is 0.335 e. The quantitative estimate of drug-likeness (QED) is 0.430. The normalized spacial score (nSPS) is 11.7. The molecule has 0 atom stereocenters. The van der Waals surface area contributed by atoms with Gasteiger partial charge in [-0.3, -0.25) is 9.78 Å². The van der Waals surface area contributed by atoms with E-state index in [1.165, 1.54) is 36.7 Å². The molecule has 3 N–H and O–H groups in total. The Balaban J connectivity index is 1.74. The Morgan fingerprint density at radius 1 is 1.00 bits per heavy atom. The fraction of sp³-hybridized carbons (Fsp3) is 0.0500. The van der Waals surface area contributed by atoms with E-state index in [2.05, 4.69) is 41.7 Å². The van der Waals surface area contributed by atoms with E-state index in [0.717, 1.165) is 0 Å². The molecule has 2 aromatic heterocycles. The molecule has 7 nitrogen and oxygen atoms in total. The third kappa shape index (κ3) is 5.95. The number of amides is 1. The van der Waals surface area contributed by atoms with E-state index in [4.69, 9.17) is 5.41 Å². The maximum atomic E-state index is 13.4. The highest BCUT2D eigenvalue weighted by molar-refractivity contribution is 9.10. The van der Waals surface area contributed by atoms with Gasteiger partial charge in [0, 0.05) is 22.4 Å². The van der Waals surface area contributed by atoms with E-state index in [0.29, 0.717) is 16.1 Å². The fourth-order valence-corrected chi connectivity index (χ4v) is 2.84. The highest BCUT2D eigenvalue weighted by atomic mass is 79.9. The number of halogens is 4. The van der Waals surface area contributed by atoms with Gasteiger partial charge in [-0.2, -0.15) is 13.2 Å². The molecule has 1 aromatic carbocycles. The summed E-state index contributed by atoms with van der Waals surface area (Å²) in [6.07, 6.45) is -1.38. The first kappa shape index (κ1) is 22.1. The molecule has 3 aromatic rings. The minimum atomic E-state index is -4.76. The Labute approximate surface area is 183 Å². The molecule has 0 aliphatic rings. The number of benzene rings is 1. The lowest BCUT2D eigenvalue weighted by Crippen LogP contribution is -2.21. The van der Waals surface area contributed by atoms with Crippen molar-refractivity contribution in [1.29, 1.82) is 5.41 Å². The van der Waals surface area contributed by atoms with Crippen molar-refractivity contribution in [2.75, 3.05) is 10.6 Å². The molecule has 158 valence electrons. The third-order valence-corrected chi connectivity index (χ3v) is 4.55. The predicted molar refractivity (Wildman–Crippen MR) is 113 cm³/mol. The lowest BCUT2D eigenvalue weighted by Gasteiger charge is -2.14. The Kier molecular flexibility index (Phi) is 6.75. The van der Waals surface area contributed by atoms with Crippen LogP contribution in [-0.2, 0) is 0 Å². The van der Waals surface area contributed by atoms with Gasteiger partial charge in [0.15, 0.2) is 11.6 Å². The Morgan fingerprint density at radius 2 is 1.68 bits per heavy atom. The SMILES string of the molecule is N=C(/C=C(\Nc1ccc(NC(=O)c2ccccc2Br)nn1)C(F)(F)F)c1cccnc1. The standard InChI is InChI=1S/C20H14BrF3N6O/c21-14-6-2-1-5-13(14)19(31)28-18-8-7-17(29-30-18)27-16(20(22,23)24)10-15(25)12-4-3-9-26-11-12/h1-11,25H,(H,27,29)(H,28,30,31)/b16-10-,25-15?. The van der Waals surface area contributed by atoms with Crippen molar-refractivity contribution in [2.45, 2.75) is 6.18 Å². The van der Waals surface area contributed by atoms with Gasteiger partial charge < -0.3 is 16.0 Å². The van der Waals surface area contributed by atoms with Gasteiger partial charge in [0.25, 0.3) is 5.91 Å². The van der Waals surface area contributed by atoms with E-state index in [-0.39, 0.29) is 22.9 Å². The molecule has 11 heteroatoms. The van der Waals surface area contributed by atoms with E-state index in [1.54, 1.807) is 24.3 Å². The van der Waals surface area contributed by atoms with Crippen molar-refractivity contribution in [3.63, 3.8) is 0 Å². The van der Waals surface area contributed by atoms with E-state index >= 15 is 0 Å². The molecule has 1 amide bonds. The van der Waals surface area contributed by atoms with E-state index < -0.39 is 17.8 Å². The maximum Gasteiger partial charge on any atom is 0.431 e. The monoisotopic (exact) mass is 490 g/mol. The van der Waals surface area contributed by atoms with Crippen molar-refractivity contribution in [2.24, 2.45) is 0 Å². The minimum absolute atomic E-state index is 0.0620. The summed E-state index contributed by atoms with van der Waals surface area (Å²) in [4.78, 5) is 16.1. The first-order chi connectivity index (χ1) is 14.7. The average molecular weight is 491 g/mol. The summed E-state index contributed by atoms with van der Waals surface area (Å²) in [6, 6.07) is 12.3.